The van der Waals surface area contributed by atoms with Crippen LogP contribution >= 0.6 is 0 Å². The van der Waals surface area contributed by atoms with Crippen LogP contribution in [0.2, 0.25) is 0 Å². The Balaban J connectivity index is 0.00000176. The molecule has 22 heavy (non-hydrogen) atoms. The second-order valence-electron chi connectivity index (χ2n) is 4.80. The molecule has 6 nitrogen and oxygen atoms in total. The number of hydrogen-bond donors (Lipinski definition) is 0. The Labute approximate surface area is 144 Å². The number of aryl methyl sites for hydroxylation is 2. The lowest BCUT2D eigenvalue weighted by atomic mass is 10.2. The summed E-state index contributed by atoms with van der Waals surface area (Å²) >= 11 is 0. The van der Waals surface area contributed by atoms with E-state index in [4.69, 9.17) is 4.42 Å². The predicted octanol–water partition coefficient (Wildman–Crippen LogP) is 0.0228. The molecule has 0 amide bonds. The van der Waals surface area contributed by atoms with E-state index in [1.807, 2.05) is 29.1 Å². The van der Waals surface area contributed by atoms with Crippen LogP contribution < -0.4 is 28.5 Å². The molecule has 0 unspecified atom stereocenters. The van der Waals surface area contributed by atoms with Gasteiger partial charge in [0.2, 0.25) is 5.89 Å². The van der Waals surface area contributed by atoms with Gasteiger partial charge in [0.1, 0.15) is 12.1 Å². The van der Waals surface area contributed by atoms with Crippen molar-refractivity contribution in [3.8, 4) is 11.5 Å². The smallest absolute Gasteiger partial charge is 0.272 e. The van der Waals surface area contributed by atoms with E-state index in [1.54, 1.807) is 6.92 Å². The third kappa shape index (κ3) is 2.94. The highest BCUT2D eigenvalue weighted by molar-refractivity contribution is 5.81. The highest BCUT2D eigenvalue weighted by Gasteiger charge is 2.16. The van der Waals surface area contributed by atoms with Gasteiger partial charge >= 0.3 is 0 Å². The normalized spacial score (nSPS) is 10.5. The zero-order valence-corrected chi connectivity index (χ0v) is 14.3. The summed E-state index contributed by atoms with van der Waals surface area (Å²) < 4.78 is 7.78. The molecule has 0 spiro atoms. The summed E-state index contributed by atoms with van der Waals surface area (Å²) in [5.41, 5.74) is 2.67. The highest BCUT2D eigenvalue weighted by atomic mass is 127. The fraction of sp³-hybridized carbons (Fsp3) is 0.200. The van der Waals surface area contributed by atoms with Gasteiger partial charge < -0.3 is 28.4 Å². The van der Waals surface area contributed by atoms with Gasteiger partial charge in [0.15, 0.2) is 18.0 Å². The third-order valence-corrected chi connectivity index (χ3v) is 3.37. The molecule has 3 rings (SSSR count). The van der Waals surface area contributed by atoms with Crippen molar-refractivity contribution < 1.29 is 37.9 Å². The Morgan fingerprint density at radius 1 is 1.32 bits per heavy atom. The van der Waals surface area contributed by atoms with Gasteiger partial charge in [-0.2, -0.15) is 0 Å². The second-order valence-corrected chi connectivity index (χ2v) is 4.80. The Hall–Kier alpha value is -2.03. The molecular formula is C15H14IN3O3. The summed E-state index contributed by atoms with van der Waals surface area (Å²) in [6.45, 7) is 4.72. The molecule has 0 bridgehead atoms. The number of nitrogens with zero attached hydrogens (tertiary/aromatic N) is 3. The number of nitro groups is 1. The minimum absolute atomic E-state index is 0. The van der Waals surface area contributed by atoms with Crippen LogP contribution in [-0.2, 0) is 6.54 Å². The Morgan fingerprint density at radius 3 is 2.59 bits per heavy atom. The van der Waals surface area contributed by atoms with Crippen LogP contribution in [0.1, 0.15) is 12.5 Å². The molecule has 0 aliphatic carbocycles. The lowest BCUT2D eigenvalue weighted by molar-refractivity contribution is -0.693. The first-order chi connectivity index (χ1) is 10.1. The molecule has 1 aromatic carbocycles. The Morgan fingerprint density at radius 2 is 2.00 bits per heavy atom. The minimum atomic E-state index is -0.423. The summed E-state index contributed by atoms with van der Waals surface area (Å²) in [7, 11) is 0. The van der Waals surface area contributed by atoms with Crippen LogP contribution in [-0.4, -0.2) is 9.91 Å². The fourth-order valence-corrected chi connectivity index (χ4v) is 2.22. The van der Waals surface area contributed by atoms with Gasteiger partial charge in [0.05, 0.1) is 4.92 Å². The molecule has 0 aliphatic heterocycles. The molecule has 2 heterocycles. The topological polar surface area (TPSA) is 73.0 Å². The predicted molar refractivity (Wildman–Crippen MR) is 76.7 cm³/mol. The van der Waals surface area contributed by atoms with E-state index in [0.29, 0.717) is 22.6 Å². The van der Waals surface area contributed by atoms with Crippen LogP contribution in [0, 0.1) is 17.0 Å². The monoisotopic (exact) mass is 411 g/mol. The molecule has 0 saturated carbocycles. The first-order valence-electron chi connectivity index (χ1n) is 6.63. The third-order valence-electron chi connectivity index (χ3n) is 3.37. The fourth-order valence-electron chi connectivity index (χ4n) is 2.22. The molecule has 0 saturated heterocycles. The maximum atomic E-state index is 10.9. The van der Waals surface area contributed by atoms with E-state index in [0.717, 1.165) is 12.1 Å². The molecule has 0 atom stereocenters. The molecule has 0 aliphatic rings. The quantitative estimate of drug-likeness (QED) is 0.264. The molecular weight excluding hydrogens is 397 g/mol. The molecule has 0 N–H and O–H groups in total. The van der Waals surface area contributed by atoms with Crippen molar-refractivity contribution in [1.82, 2.24) is 4.98 Å². The second kappa shape index (κ2) is 6.39. The highest BCUT2D eigenvalue weighted by Crippen LogP contribution is 2.29. The SMILES string of the molecule is CC[n+]1ccc(-c2nc3cc([N+](=O)[O-])cc(C)c3o2)cc1.[I-]. The van der Waals surface area contributed by atoms with Crippen molar-refractivity contribution in [2.75, 3.05) is 0 Å². The number of fused-ring (bicyclic) bond motifs is 1. The molecule has 3 aromatic rings. The van der Waals surface area contributed by atoms with Crippen molar-refractivity contribution >= 4 is 16.8 Å². The Kier molecular flexibility index (Phi) is 4.74. The van der Waals surface area contributed by atoms with Crippen molar-refractivity contribution in [2.24, 2.45) is 0 Å². The number of rotatable bonds is 3. The largest absolute Gasteiger partial charge is 1.00 e. The summed E-state index contributed by atoms with van der Waals surface area (Å²) in [5.74, 6) is 0.469. The zero-order chi connectivity index (χ0) is 15.0. The number of non-ortho nitro benzene ring substituents is 1. The molecule has 0 fully saturated rings. The molecule has 0 radical (unpaired) electrons. The summed E-state index contributed by atoms with van der Waals surface area (Å²) in [6.07, 6.45) is 3.89. The first kappa shape index (κ1) is 16.3. The van der Waals surface area contributed by atoms with E-state index in [1.165, 1.54) is 12.1 Å². The van der Waals surface area contributed by atoms with E-state index >= 15 is 0 Å². The standard InChI is InChI=1S/C15H14N3O3.HI/c1-3-17-6-4-11(5-7-17)15-16-13-9-12(18(19)20)8-10(2)14(13)21-15;/h4-9H,3H2,1-2H3;1H/q+1;/p-1. The average molecular weight is 411 g/mol. The average Bonchev–Trinajstić information content (AvgIpc) is 2.92. The molecule has 2 aromatic heterocycles. The Bertz CT molecular complexity index is 828. The van der Waals surface area contributed by atoms with E-state index < -0.39 is 4.92 Å². The molecule has 114 valence electrons. The van der Waals surface area contributed by atoms with E-state index in [-0.39, 0.29) is 29.7 Å². The maximum absolute atomic E-state index is 10.9. The van der Waals surface area contributed by atoms with Gasteiger partial charge in [-0.15, -0.1) is 0 Å². The molecule has 7 heteroatoms. The number of benzene rings is 1. The van der Waals surface area contributed by atoms with Crippen LogP contribution in [0.4, 0.5) is 5.69 Å². The lowest BCUT2D eigenvalue weighted by Gasteiger charge is -1.95. The number of oxazole rings is 1. The minimum Gasteiger partial charge on any atom is -1.00 e. The van der Waals surface area contributed by atoms with Gasteiger partial charge in [-0.3, -0.25) is 10.1 Å². The van der Waals surface area contributed by atoms with Crippen molar-refractivity contribution in [1.29, 1.82) is 0 Å². The van der Waals surface area contributed by atoms with Crippen LogP contribution in [0.3, 0.4) is 0 Å². The van der Waals surface area contributed by atoms with E-state index in [9.17, 15) is 10.1 Å². The van der Waals surface area contributed by atoms with Gasteiger partial charge in [-0.05, 0) is 13.8 Å². The van der Waals surface area contributed by atoms with Gasteiger partial charge in [-0.1, -0.05) is 0 Å². The first-order valence-corrected chi connectivity index (χ1v) is 6.63. The number of pyridine rings is 1. The summed E-state index contributed by atoms with van der Waals surface area (Å²) in [6, 6.07) is 6.76. The van der Waals surface area contributed by atoms with Crippen molar-refractivity contribution in [2.45, 2.75) is 20.4 Å². The number of hydrogen-bond acceptors (Lipinski definition) is 4. The van der Waals surface area contributed by atoms with Crippen LogP contribution in [0.15, 0.2) is 41.1 Å². The van der Waals surface area contributed by atoms with Crippen molar-refractivity contribution in [3.05, 3.63) is 52.3 Å². The van der Waals surface area contributed by atoms with Crippen LogP contribution in [0.25, 0.3) is 22.6 Å². The van der Waals surface area contributed by atoms with Crippen LogP contribution in [0.5, 0.6) is 0 Å². The maximum Gasteiger partial charge on any atom is 0.272 e. The lowest BCUT2D eigenvalue weighted by Crippen LogP contribution is -3.00. The number of nitro benzene ring substituents is 1. The van der Waals surface area contributed by atoms with E-state index in [2.05, 4.69) is 11.9 Å². The van der Waals surface area contributed by atoms with Gasteiger partial charge in [0.25, 0.3) is 5.69 Å². The number of aromatic nitrogens is 2. The zero-order valence-electron chi connectivity index (χ0n) is 12.1. The van der Waals surface area contributed by atoms with Crippen molar-refractivity contribution in [3.63, 3.8) is 0 Å². The number of halogens is 1. The summed E-state index contributed by atoms with van der Waals surface area (Å²) in [5, 5.41) is 10.9. The van der Waals surface area contributed by atoms with Gasteiger partial charge in [-0.25, -0.2) is 9.55 Å². The van der Waals surface area contributed by atoms with Gasteiger partial charge in [0, 0.05) is 35.4 Å². The summed E-state index contributed by atoms with van der Waals surface area (Å²) in [4.78, 5) is 14.8.